The zero-order chi connectivity index (χ0) is 24.2. The molecule has 2 N–H and O–H groups in total. The van der Waals surface area contributed by atoms with Gasteiger partial charge in [-0.3, -0.25) is 5.32 Å². The van der Waals surface area contributed by atoms with Crippen molar-refractivity contribution in [1.82, 2.24) is 5.32 Å². The molecule has 1 saturated heterocycles. The zero-order valence-electron chi connectivity index (χ0n) is 17.3. The standard InChI is InChI=1S/C22H20Cl2F3NO4S/c1-12-4-13(2-3-19(12)20(29)28-18-10-33(30,31)11-18)14-8-21(32-9-14,22(25,26)27)15-5-16(23)7-17(24)6-15/h2-7,9,18,20,28-29H,8,10-11H2,1H3. The van der Waals surface area contributed by atoms with E-state index < -0.39 is 34.3 Å². The summed E-state index contributed by atoms with van der Waals surface area (Å²) in [7, 11) is -3.04. The molecule has 0 aromatic heterocycles. The molecule has 0 spiro atoms. The molecule has 2 aliphatic rings. The normalized spacial score (nSPS) is 23.5. The second kappa shape index (κ2) is 8.46. The summed E-state index contributed by atoms with van der Waals surface area (Å²) in [6, 6.07) is 8.23. The molecule has 2 atom stereocenters. The number of halogens is 5. The molecule has 0 aliphatic carbocycles. The molecule has 2 heterocycles. The lowest BCUT2D eigenvalue weighted by Gasteiger charge is -2.32. The Hall–Kier alpha value is -1.78. The van der Waals surface area contributed by atoms with E-state index in [0.717, 1.165) is 6.26 Å². The van der Waals surface area contributed by atoms with Gasteiger partial charge < -0.3 is 9.84 Å². The van der Waals surface area contributed by atoms with Crippen molar-refractivity contribution in [3.63, 3.8) is 0 Å². The Morgan fingerprint density at radius 3 is 2.33 bits per heavy atom. The molecule has 0 radical (unpaired) electrons. The maximum atomic E-state index is 14.2. The van der Waals surface area contributed by atoms with Crippen molar-refractivity contribution in [2.75, 3.05) is 11.5 Å². The summed E-state index contributed by atoms with van der Waals surface area (Å²) in [4.78, 5) is 0. The fraction of sp³-hybridized carbons (Fsp3) is 0.364. The SMILES string of the molecule is Cc1cc(C2=COC(c3cc(Cl)cc(Cl)c3)(C(F)(F)F)C2)ccc1C(O)NC1CS(=O)(=O)C1. The van der Waals surface area contributed by atoms with E-state index in [0.29, 0.717) is 22.3 Å². The predicted octanol–water partition coefficient (Wildman–Crippen LogP) is 4.90. The largest absolute Gasteiger partial charge is 0.480 e. The number of nitrogens with one attached hydrogen (secondary N) is 1. The lowest BCUT2D eigenvalue weighted by molar-refractivity contribution is -0.260. The van der Waals surface area contributed by atoms with Gasteiger partial charge in [0.15, 0.2) is 9.84 Å². The first-order valence-corrected chi connectivity index (χ1v) is 12.5. The van der Waals surface area contributed by atoms with Crippen LogP contribution in [0.25, 0.3) is 5.57 Å². The molecule has 0 saturated carbocycles. The fourth-order valence-electron chi connectivity index (χ4n) is 4.14. The highest BCUT2D eigenvalue weighted by Crippen LogP contribution is 2.52. The molecule has 178 valence electrons. The Morgan fingerprint density at radius 2 is 1.79 bits per heavy atom. The van der Waals surface area contributed by atoms with E-state index in [9.17, 15) is 26.7 Å². The van der Waals surface area contributed by atoms with Crippen LogP contribution >= 0.6 is 23.2 Å². The maximum Gasteiger partial charge on any atom is 0.432 e. The molecular weight excluding hydrogens is 502 g/mol. The predicted molar refractivity (Wildman–Crippen MR) is 120 cm³/mol. The second-order valence-electron chi connectivity index (χ2n) is 8.34. The van der Waals surface area contributed by atoms with Crippen LogP contribution in [0.2, 0.25) is 10.0 Å². The van der Waals surface area contributed by atoms with Gasteiger partial charge in [0.2, 0.25) is 5.60 Å². The van der Waals surface area contributed by atoms with Crippen LogP contribution in [-0.4, -0.2) is 37.2 Å². The van der Waals surface area contributed by atoms with Gasteiger partial charge in [0, 0.05) is 28.1 Å². The van der Waals surface area contributed by atoms with Crippen LogP contribution < -0.4 is 5.32 Å². The van der Waals surface area contributed by atoms with E-state index in [1.165, 1.54) is 18.2 Å². The summed E-state index contributed by atoms with van der Waals surface area (Å²) in [5.74, 6) is -0.0864. The van der Waals surface area contributed by atoms with Crippen LogP contribution in [0.15, 0.2) is 42.7 Å². The summed E-state index contributed by atoms with van der Waals surface area (Å²) < 4.78 is 70.4. The topological polar surface area (TPSA) is 75.6 Å². The van der Waals surface area contributed by atoms with Crippen LogP contribution in [0.5, 0.6) is 0 Å². The molecule has 11 heteroatoms. The Labute approximate surface area is 199 Å². The third-order valence-electron chi connectivity index (χ3n) is 5.87. The van der Waals surface area contributed by atoms with Crippen LogP contribution in [0, 0.1) is 6.92 Å². The summed E-state index contributed by atoms with van der Waals surface area (Å²) in [5, 5.41) is 13.4. The van der Waals surface area contributed by atoms with Crippen molar-refractivity contribution in [2.45, 2.75) is 37.4 Å². The molecule has 2 aliphatic heterocycles. The van der Waals surface area contributed by atoms with E-state index in [1.54, 1.807) is 25.1 Å². The Bertz CT molecular complexity index is 1200. The number of hydrogen-bond acceptors (Lipinski definition) is 5. The summed E-state index contributed by atoms with van der Waals surface area (Å²) in [6.07, 6.45) is -5.23. The van der Waals surface area contributed by atoms with E-state index in [-0.39, 0.29) is 33.2 Å². The number of alkyl halides is 3. The van der Waals surface area contributed by atoms with Crippen LogP contribution in [0.1, 0.15) is 34.9 Å². The number of hydrogen-bond donors (Lipinski definition) is 2. The van der Waals surface area contributed by atoms with Crippen molar-refractivity contribution in [3.05, 3.63) is 75.0 Å². The average molecular weight is 522 g/mol. The van der Waals surface area contributed by atoms with Gasteiger partial charge in [-0.15, -0.1) is 0 Å². The van der Waals surface area contributed by atoms with E-state index in [2.05, 4.69) is 5.32 Å². The molecule has 0 amide bonds. The number of ether oxygens (including phenoxy) is 1. The molecule has 4 rings (SSSR count). The minimum absolute atomic E-state index is 0.0432. The average Bonchev–Trinajstić information content (AvgIpc) is 3.12. The smallest absolute Gasteiger partial charge is 0.432 e. The second-order valence-corrected chi connectivity index (χ2v) is 11.4. The first-order valence-electron chi connectivity index (χ1n) is 9.95. The number of aliphatic hydroxyl groups is 1. The van der Waals surface area contributed by atoms with Gasteiger partial charge in [-0.25, -0.2) is 8.42 Å². The number of benzene rings is 2. The lowest BCUT2D eigenvalue weighted by Crippen LogP contribution is -2.52. The van der Waals surface area contributed by atoms with Gasteiger partial charge in [-0.2, -0.15) is 13.2 Å². The van der Waals surface area contributed by atoms with Gasteiger partial charge in [0.25, 0.3) is 0 Å². The van der Waals surface area contributed by atoms with Crippen LogP contribution in [0.4, 0.5) is 13.2 Å². The monoisotopic (exact) mass is 521 g/mol. The van der Waals surface area contributed by atoms with Crippen molar-refractivity contribution >= 4 is 38.6 Å². The quantitative estimate of drug-likeness (QED) is 0.547. The zero-order valence-corrected chi connectivity index (χ0v) is 19.6. The molecule has 5 nitrogen and oxygen atoms in total. The van der Waals surface area contributed by atoms with Crippen molar-refractivity contribution in [1.29, 1.82) is 0 Å². The molecule has 1 fully saturated rings. The van der Waals surface area contributed by atoms with E-state index in [4.69, 9.17) is 27.9 Å². The molecule has 2 aromatic rings. The summed E-state index contributed by atoms with van der Waals surface area (Å²) in [6.45, 7) is 1.71. The van der Waals surface area contributed by atoms with Gasteiger partial charge in [0.1, 0.15) is 6.23 Å². The highest BCUT2D eigenvalue weighted by molar-refractivity contribution is 7.92. The van der Waals surface area contributed by atoms with Crippen molar-refractivity contribution in [2.24, 2.45) is 0 Å². The first-order chi connectivity index (χ1) is 15.3. The first kappa shape index (κ1) is 24.3. The van der Waals surface area contributed by atoms with Gasteiger partial charge in [0.05, 0.1) is 17.8 Å². The molecule has 2 unspecified atom stereocenters. The number of rotatable bonds is 5. The van der Waals surface area contributed by atoms with Crippen LogP contribution in [-0.2, 0) is 20.2 Å². The van der Waals surface area contributed by atoms with Gasteiger partial charge in [-0.05, 0) is 47.4 Å². The summed E-state index contributed by atoms with van der Waals surface area (Å²) in [5.41, 5.74) is -0.848. The summed E-state index contributed by atoms with van der Waals surface area (Å²) >= 11 is 11.9. The Balaban J connectivity index is 1.57. The van der Waals surface area contributed by atoms with Gasteiger partial charge in [-0.1, -0.05) is 41.4 Å². The third kappa shape index (κ3) is 4.74. The molecule has 0 bridgehead atoms. The Kier molecular flexibility index (Phi) is 6.24. The minimum atomic E-state index is -4.74. The van der Waals surface area contributed by atoms with Crippen molar-refractivity contribution < 1.29 is 31.4 Å². The minimum Gasteiger partial charge on any atom is -0.480 e. The lowest BCUT2D eigenvalue weighted by atomic mass is 9.85. The maximum absolute atomic E-state index is 14.2. The molecule has 33 heavy (non-hydrogen) atoms. The fourth-order valence-corrected chi connectivity index (χ4v) is 5.98. The molecular formula is C22H20Cl2F3NO4S. The highest BCUT2D eigenvalue weighted by atomic mass is 35.5. The van der Waals surface area contributed by atoms with Crippen LogP contribution in [0.3, 0.4) is 0 Å². The van der Waals surface area contributed by atoms with E-state index in [1.807, 2.05) is 0 Å². The number of aryl methyl sites for hydroxylation is 1. The third-order valence-corrected chi connectivity index (χ3v) is 8.12. The highest BCUT2D eigenvalue weighted by Gasteiger charge is 2.60. The van der Waals surface area contributed by atoms with Crippen molar-refractivity contribution in [3.8, 4) is 0 Å². The number of aliphatic hydroxyl groups excluding tert-OH is 1. The Morgan fingerprint density at radius 1 is 1.15 bits per heavy atom. The molecule has 2 aromatic carbocycles. The van der Waals surface area contributed by atoms with Gasteiger partial charge >= 0.3 is 6.18 Å². The number of sulfone groups is 1. The van der Waals surface area contributed by atoms with E-state index >= 15 is 0 Å².